The molecular formula is C22H23FN2O4. The van der Waals surface area contributed by atoms with Crippen molar-refractivity contribution in [1.29, 1.82) is 0 Å². The molecule has 0 aliphatic carbocycles. The number of benzene rings is 2. The Morgan fingerprint density at radius 3 is 2.48 bits per heavy atom. The molecule has 2 N–H and O–H groups in total. The average molecular weight is 398 g/mol. The highest BCUT2D eigenvalue weighted by Crippen LogP contribution is 2.22. The molecule has 3 rings (SSSR count). The number of carbonyl (C=O) groups excluding carboxylic acids is 2. The number of rotatable bonds is 4. The third-order valence-electron chi connectivity index (χ3n) is 5.13. The number of piperidine rings is 1. The van der Waals surface area contributed by atoms with Crippen LogP contribution in [0.15, 0.2) is 36.4 Å². The molecule has 0 spiro atoms. The van der Waals surface area contributed by atoms with Gasteiger partial charge in [0.25, 0.3) is 11.8 Å². The van der Waals surface area contributed by atoms with E-state index >= 15 is 0 Å². The molecule has 1 fully saturated rings. The summed E-state index contributed by atoms with van der Waals surface area (Å²) in [4.78, 5) is 37.9. The molecule has 1 saturated heterocycles. The lowest BCUT2D eigenvalue weighted by atomic mass is 9.99. The van der Waals surface area contributed by atoms with E-state index in [2.05, 4.69) is 12.2 Å². The summed E-state index contributed by atoms with van der Waals surface area (Å²) in [5.74, 6) is -2.42. The van der Waals surface area contributed by atoms with Crippen molar-refractivity contribution in [3.63, 3.8) is 0 Å². The molecule has 7 heteroatoms. The predicted octanol–water partition coefficient (Wildman–Crippen LogP) is 3.96. The zero-order valence-electron chi connectivity index (χ0n) is 16.4. The summed E-state index contributed by atoms with van der Waals surface area (Å²) < 4.78 is 14.1. The van der Waals surface area contributed by atoms with Crippen LogP contribution >= 0.6 is 0 Å². The van der Waals surface area contributed by atoms with Gasteiger partial charge in [0.05, 0.1) is 11.1 Å². The third-order valence-corrected chi connectivity index (χ3v) is 5.13. The number of carbonyl (C=O) groups is 3. The first-order chi connectivity index (χ1) is 13.8. The quantitative estimate of drug-likeness (QED) is 0.816. The molecule has 0 saturated carbocycles. The molecule has 0 radical (unpaired) electrons. The van der Waals surface area contributed by atoms with Crippen molar-refractivity contribution >= 4 is 23.5 Å². The molecule has 1 aliphatic heterocycles. The fourth-order valence-electron chi connectivity index (χ4n) is 3.52. The number of aromatic carboxylic acids is 1. The number of carboxylic acids is 1. The van der Waals surface area contributed by atoms with Crippen LogP contribution in [0, 0.1) is 18.7 Å². The highest BCUT2D eigenvalue weighted by molar-refractivity contribution is 6.05. The Bertz CT molecular complexity index is 973. The molecule has 0 aromatic heterocycles. The number of hydrogen-bond donors (Lipinski definition) is 2. The topological polar surface area (TPSA) is 86.7 Å². The molecular weight excluding hydrogens is 375 g/mol. The van der Waals surface area contributed by atoms with Crippen molar-refractivity contribution in [1.82, 2.24) is 4.90 Å². The Labute approximate surface area is 168 Å². The smallest absolute Gasteiger partial charge is 0.335 e. The minimum Gasteiger partial charge on any atom is -0.478 e. The molecule has 1 unspecified atom stereocenters. The van der Waals surface area contributed by atoms with Gasteiger partial charge in [0.15, 0.2) is 0 Å². The number of halogens is 1. The van der Waals surface area contributed by atoms with Gasteiger partial charge in [-0.15, -0.1) is 0 Å². The molecule has 2 aromatic carbocycles. The molecule has 1 aliphatic rings. The normalized spacial score (nSPS) is 16.4. The van der Waals surface area contributed by atoms with Crippen molar-refractivity contribution in [2.45, 2.75) is 26.7 Å². The van der Waals surface area contributed by atoms with Crippen molar-refractivity contribution in [2.24, 2.45) is 5.92 Å². The Kier molecular flexibility index (Phi) is 5.96. The number of nitrogens with zero attached hydrogens (tertiary/aromatic N) is 1. The number of nitrogens with one attached hydrogen (secondary N) is 1. The molecule has 1 atom stereocenters. The van der Waals surface area contributed by atoms with Crippen LogP contribution in [0.4, 0.5) is 10.1 Å². The van der Waals surface area contributed by atoms with E-state index in [0.717, 1.165) is 38.1 Å². The van der Waals surface area contributed by atoms with Gasteiger partial charge in [-0.25, -0.2) is 9.18 Å². The highest BCUT2D eigenvalue weighted by Gasteiger charge is 2.22. The SMILES string of the molecule is Cc1cc(C(=O)N2CCCC(C)C2)ccc1NC(=O)c1ccc(C(=O)O)cc1F. The second-order valence-electron chi connectivity index (χ2n) is 7.48. The van der Waals surface area contributed by atoms with Crippen LogP contribution in [-0.2, 0) is 0 Å². The monoisotopic (exact) mass is 398 g/mol. The number of anilines is 1. The van der Waals surface area contributed by atoms with E-state index in [-0.39, 0.29) is 17.0 Å². The summed E-state index contributed by atoms with van der Waals surface area (Å²) in [6.07, 6.45) is 2.12. The summed E-state index contributed by atoms with van der Waals surface area (Å²) in [5, 5.41) is 11.5. The van der Waals surface area contributed by atoms with Gasteiger partial charge in [0.1, 0.15) is 5.82 Å². The third kappa shape index (κ3) is 4.62. The Balaban J connectivity index is 1.74. The molecule has 0 bridgehead atoms. The maximum Gasteiger partial charge on any atom is 0.335 e. The van der Waals surface area contributed by atoms with E-state index in [1.807, 2.05) is 4.90 Å². The molecule has 152 valence electrons. The van der Waals surface area contributed by atoms with Crippen molar-refractivity contribution in [3.05, 3.63) is 64.5 Å². The lowest BCUT2D eigenvalue weighted by molar-refractivity contribution is 0.0679. The zero-order chi connectivity index (χ0) is 21.1. The summed E-state index contributed by atoms with van der Waals surface area (Å²) in [6, 6.07) is 8.10. The van der Waals surface area contributed by atoms with Gasteiger partial charge in [0, 0.05) is 24.3 Å². The van der Waals surface area contributed by atoms with Crippen LogP contribution in [0.3, 0.4) is 0 Å². The molecule has 2 amide bonds. The standard InChI is InChI=1S/C22H23FN2O4/c1-13-4-3-9-25(12-13)21(27)15-6-8-19(14(2)10-15)24-20(26)17-7-5-16(22(28)29)11-18(17)23/h5-8,10-11,13H,3-4,9,12H2,1-2H3,(H,24,26)(H,28,29). The van der Waals surface area contributed by atoms with E-state index in [0.29, 0.717) is 22.7 Å². The first kappa shape index (κ1) is 20.5. The average Bonchev–Trinajstić information content (AvgIpc) is 2.68. The Hall–Kier alpha value is -3.22. The van der Waals surface area contributed by atoms with Crippen LogP contribution in [0.25, 0.3) is 0 Å². The van der Waals surface area contributed by atoms with Crippen LogP contribution in [0.1, 0.15) is 56.4 Å². The van der Waals surface area contributed by atoms with Crippen LogP contribution in [0.5, 0.6) is 0 Å². The maximum absolute atomic E-state index is 14.1. The van der Waals surface area contributed by atoms with Gasteiger partial charge in [-0.2, -0.15) is 0 Å². The van der Waals surface area contributed by atoms with E-state index < -0.39 is 17.7 Å². The fourth-order valence-corrected chi connectivity index (χ4v) is 3.52. The summed E-state index contributed by atoms with van der Waals surface area (Å²) in [7, 11) is 0. The largest absolute Gasteiger partial charge is 0.478 e. The molecule has 6 nitrogen and oxygen atoms in total. The van der Waals surface area contributed by atoms with Gasteiger partial charge in [0.2, 0.25) is 0 Å². The Morgan fingerprint density at radius 1 is 1.14 bits per heavy atom. The number of aryl methyl sites for hydroxylation is 1. The van der Waals surface area contributed by atoms with E-state index in [4.69, 9.17) is 5.11 Å². The van der Waals surface area contributed by atoms with Crippen molar-refractivity contribution < 1.29 is 23.9 Å². The van der Waals surface area contributed by atoms with Gasteiger partial charge in [-0.3, -0.25) is 9.59 Å². The summed E-state index contributed by atoms with van der Waals surface area (Å²) >= 11 is 0. The predicted molar refractivity (Wildman–Crippen MR) is 107 cm³/mol. The number of hydrogen-bond acceptors (Lipinski definition) is 3. The minimum atomic E-state index is -1.27. The lowest BCUT2D eigenvalue weighted by Gasteiger charge is -2.31. The molecule has 2 aromatic rings. The Morgan fingerprint density at radius 2 is 1.86 bits per heavy atom. The second-order valence-corrected chi connectivity index (χ2v) is 7.48. The first-order valence-electron chi connectivity index (χ1n) is 9.50. The van der Waals surface area contributed by atoms with Crippen molar-refractivity contribution in [2.75, 3.05) is 18.4 Å². The summed E-state index contributed by atoms with van der Waals surface area (Å²) in [5.41, 5.74) is 1.20. The number of carboxylic acid groups (broad SMARTS) is 1. The minimum absolute atomic E-state index is 0.0344. The first-order valence-corrected chi connectivity index (χ1v) is 9.50. The summed E-state index contributed by atoms with van der Waals surface area (Å²) in [6.45, 7) is 5.37. The lowest BCUT2D eigenvalue weighted by Crippen LogP contribution is -2.39. The van der Waals surface area contributed by atoms with E-state index in [1.165, 1.54) is 6.07 Å². The zero-order valence-corrected chi connectivity index (χ0v) is 16.4. The molecule has 1 heterocycles. The molecule has 29 heavy (non-hydrogen) atoms. The second kappa shape index (κ2) is 8.43. The van der Waals surface area contributed by atoms with E-state index in [1.54, 1.807) is 25.1 Å². The van der Waals surface area contributed by atoms with Gasteiger partial charge >= 0.3 is 5.97 Å². The van der Waals surface area contributed by atoms with Gasteiger partial charge < -0.3 is 15.3 Å². The van der Waals surface area contributed by atoms with Crippen LogP contribution in [-0.4, -0.2) is 40.9 Å². The van der Waals surface area contributed by atoms with Gasteiger partial charge in [-0.1, -0.05) is 6.92 Å². The number of amides is 2. The number of likely N-dealkylation sites (tertiary alicyclic amines) is 1. The van der Waals surface area contributed by atoms with E-state index in [9.17, 15) is 18.8 Å². The van der Waals surface area contributed by atoms with Crippen LogP contribution in [0.2, 0.25) is 0 Å². The van der Waals surface area contributed by atoms with Crippen molar-refractivity contribution in [3.8, 4) is 0 Å². The maximum atomic E-state index is 14.1. The highest BCUT2D eigenvalue weighted by atomic mass is 19.1. The van der Waals surface area contributed by atoms with Crippen LogP contribution < -0.4 is 5.32 Å². The fraction of sp³-hybridized carbons (Fsp3) is 0.318. The van der Waals surface area contributed by atoms with Gasteiger partial charge in [-0.05, 0) is 67.6 Å².